The predicted octanol–water partition coefficient (Wildman–Crippen LogP) is 3.77. The number of aromatic nitrogens is 1. The molecule has 118 valence electrons. The maximum Gasteiger partial charge on any atom is 0.0452 e. The first-order valence-corrected chi connectivity index (χ1v) is 8.39. The fourth-order valence-corrected chi connectivity index (χ4v) is 3.76. The lowest BCUT2D eigenvalue weighted by Crippen LogP contribution is -2.39. The second kappa shape index (κ2) is 5.82. The van der Waals surface area contributed by atoms with Crippen LogP contribution in [0.15, 0.2) is 36.5 Å². The van der Waals surface area contributed by atoms with E-state index in [1.54, 1.807) is 0 Å². The number of hydrogen-bond donors (Lipinski definition) is 1. The summed E-state index contributed by atoms with van der Waals surface area (Å²) in [6.07, 6.45) is 7.51. The highest BCUT2D eigenvalue weighted by molar-refractivity contribution is 5.80. The SMILES string of the molecule is Cc1ccc(C=Cc2cccc3c2NC2CCN(C)CC32)cn1. The van der Waals surface area contributed by atoms with Crippen molar-refractivity contribution in [3.63, 3.8) is 0 Å². The lowest BCUT2D eigenvalue weighted by atomic mass is 9.89. The Bertz CT molecular complexity index is 733. The molecule has 23 heavy (non-hydrogen) atoms. The van der Waals surface area contributed by atoms with Crippen LogP contribution in [0.4, 0.5) is 5.69 Å². The van der Waals surface area contributed by atoms with Gasteiger partial charge in [-0.25, -0.2) is 0 Å². The van der Waals surface area contributed by atoms with Gasteiger partial charge in [0, 0.05) is 36.1 Å². The molecule has 2 aromatic rings. The van der Waals surface area contributed by atoms with E-state index in [-0.39, 0.29) is 0 Å². The van der Waals surface area contributed by atoms with Gasteiger partial charge in [-0.1, -0.05) is 36.4 Å². The Morgan fingerprint density at radius 2 is 2.13 bits per heavy atom. The van der Waals surface area contributed by atoms with Crippen LogP contribution < -0.4 is 5.32 Å². The molecule has 2 unspecified atom stereocenters. The number of hydrogen-bond acceptors (Lipinski definition) is 3. The summed E-state index contributed by atoms with van der Waals surface area (Å²) in [6, 6.07) is 11.4. The third-order valence-corrected chi connectivity index (χ3v) is 5.06. The first kappa shape index (κ1) is 14.5. The molecule has 3 heteroatoms. The van der Waals surface area contributed by atoms with Crippen molar-refractivity contribution in [1.29, 1.82) is 0 Å². The van der Waals surface area contributed by atoms with Crippen molar-refractivity contribution in [3.05, 3.63) is 58.9 Å². The summed E-state index contributed by atoms with van der Waals surface area (Å²) in [5.74, 6) is 0.623. The van der Waals surface area contributed by atoms with Gasteiger partial charge in [-0.3, -0.25) is 4.98 Å². The maximum atomic E-state index is 4.36. The highest BCUT2D eigenvalue weighted by atomic mass is 15.1. The summed E-state index contributed by atoms with van der Waals surface area (Å²) in [5.41, 5.74) is 6.28. The van der Waals surface area contributed by atoms with Crippen LogP contribution in [-0.4, -0.2) is 36.1 Å². The van der Waals surface area contributed by atoms with Crippen LogP contribution in [0.1, 0.15) is 34.7 Å². The second-order valence-electron chi connectivity index (χ2n) is 6.79. The van der Waals surface area contributed by atoms with Crippen molar-refractivity contribution in [2.45, 2.75) is 25.3 Å². The van der Waals surface area contributed by atoms with Gasteiger partial charge < -0.3 is 10.2 Å². The van der Waals surface area contributed by atoms with Crippen LogP contribution in [0.2, 0.25) is 0 Å². The molecule has 0 amide bonds. The summed E-state index contributed by atoms with van der Waals surface area (Å²) in [7, 11) is 2.22. The summed E-state index contributed by atoms with van der Waals surface area (Å²) in [5, 5.41) is 3.78. The molecule has 1 fully saturated rings. The van der Waals surface area contributed by atoms with Gasteiger partial charge in [0.25, 0.3) is 0 Å². The van der Waals surface area contributed by atoms with Crippen molar-refractivity contribution in [2.75, 3.05) is 25.5 Å². The molecule has 1 aromatic carbocycles. The third kappa shape index (κ3) is 2.77. The Hall–Kier alpha value is -2.13. The zero-order valence-electron chi connectivity index (χ0n) is 13.8. The van der Waals surface area contributed by atoms with E-state index in [4.69, 9.17) is 0 Å². The largest absolute Gasteiger partial charge is 0.381 e. The zero-order valence-corrected chi connectivity index (χ0v) is 13.8. The monoisotopic (exact) mass is 305 g/mol. The Kier molecular flexibility index (Phi) is 3.66. The molecule has 2 atom stereocenters. The summed E-state index contributed by atoms with van der Waals surface area (Å²) >= 11 is 0. The molecule has 2 aliphatic heterocycles. The third-order valence-electron chi connectivity index (χ3n) is 5.06. The Morgan fingerprint density at radius 1 is 1.22 bits per heavy atom. The zero-order chi connectivity index (χ0) is 15.8. The number of anilines is 1. The molecule has 0 bridgehead atoms. The molecule has 0 spiro atoms. The normalized spacial score (nSPS) is 23.6. The number of nitrogens with one attached hydrogen (secondary N) is 1. The molecule has 2 aliphatic rings. The molecule has 1 saturated heterocycles. The van der Waals surface area contributed by atoms with Crippen molar-refractivity contribution in [3.8, 4) is 0 Å². The summed E-state index contributed by atoms with van der Waals surface area (Å²) in [6.45, 7) is 4.35. The van der Waals surface area contributed by atoms with Gasteiger partial charge in [-0.15, -0.1) is 0 Å². The molecular formula is C20H23N3. The highest BCUT2D eigenvalue weighted by Gasteiger charge is 2.36. The van der Waals surface area contributed by atoms with Gasteiger partial charge in [-0.2, -0.15) is 0 Å². The lowest BCUT2D eigenvalue weighted by molar-refractivity contribution is 0.243. The molecule has 0 radical (unpaired) electrons. The smallest absolute Gasteiger partial charge is 0.0452 e. The van der Waals surface area contributed by atoms with Crippen molar-refractivity contribution in [2.24, 2.45) is 0 Å². The van der Waals surface area contributed by atoms with E-state index >= 15 is 0 Å². The minimum atomic E-state index is 0.594. The van der Waals surface area contributed by atoms with Gasteiger partial charge in [0.1, 0.15) is 0 Å². The van der Waals surface area contributed by atoms with Gasteiger partial charge in [-0.05, 0) is 49.7 Å². The van der Waals surface area contributed by atoms with Crippen molar-refractivity contribution >= 4 is 17.8 Å². The van der Waals surface area contributed by atoms with Gasteiger partial charge >= 0.3 is 0 Å². The standard InChI is InChI=1S/C20H23N3/c1-14-6-7-15(12-21-14)8-9-16-4-3-5-17-18-13-23(2)11-10-19(18)22-20(16)17/h3-9,12,18-19,22H,10-11,13H2,1-2H3. The van der Waals surface area contributed by atoms with Crippen LogP contribution in [0.3, 0.4) is 0 Å². The average molecular weight is 305 g/mol. The number of rotatable bonds is 2. The number of para-hydroxylation sites is 1. The number of likely N-dealkylation sites (tertiary alicyclic amines) is 1. The Morgan fingerprint density at radius 3 is 2.96 bits per heavy atom. The molecule has 0 aliphatic carbocycles. The first-order chi connectivity index (χ1) is 11.2. The van der Waals surface area contributed by atoms with E-state index < -0.39 is 0 Å². The number of benzene rings is 1. The van der Waals surface area contributed by atoms with E-state index in [1.807, 2.05) is 13.1 Å². The first-order valence-electron chi connectivity index (χ1n) is 8.39. The molecule has 3 nitrogen and oxygen atoms in total. The lowest BCUT2D eigenvalue weighted by Gasteiger charge is -2.32. The van der Waals surface area contributed by atoms with E-state index in [9.17, 15) is 0 Å². The Balaban J connectivity index is 1.63. The van der Waals surface area contributed by atoms with Crippen molar-refractivity contribution in [1.82, 2.24) is 9.88 Å². The number of pyridine rings is 1. The summed E-state index contributed by atoms with van der Waals surface area (Å²) < 4.78 is 0. The molecule has 1 aromatic heterocycles. The van der Waals surface area contributed by atoms with Crippen molar-refractivity contribution < 1.29 is 0 Å². The van der Waals surface area contributed by atoms with E-state index in [0.29, 0.717) is 12.0 Å². The van der Waals surface area contributed by atoms with Crippen LogP contribution in [0.5, 0.6) is 0 Å². The number of piperidine rings is 1. The average Bonchev–Trinajstić information content (AvgIpc) is 2.93. The van der Waals surface area contributed by atoms with Crippen LogP contribution in [-0.2, 0) is 0 Å². The van der Waals surface area contributed by atoms with E-state index in [2.05, 4.69) is 64.7 Å². The molecule has 3 heterocycles. The van der Waals surface area contributed by atoms with Crippen LogP contribution >= 0.6 is 0 Å². The number of nitrogens with zero attached hydrogens (tertiary/aromatic N) is 2. The summed E-state index contributed by atoms with van der Waals surface area (Å²) in [4.78, 5) is 6.80. The molecule has 4 rings (SSSR count). The minimum Gasteiger partial charge on any atom is -0.381 e. The highest BCUT2D eigenvalue weighted by Crippen LogP contribution is 2.42. The molecule has 0 saturated carbocycles. The van der Waals surface area contributed by atoms with Crippen LogP contribution in [0.25, 0.3) is 12.2 Å². The number of likely N-dealkylation sites (N-methyl/N-ethyl adjacent to an activating group) is 1. The molecule has 1 N–H and O–H groups in total. The number of aryl methyl sites for hydroxylation is 1. The predicted molar refractivity (Wildman–Crippen MR) is 96.6 cm³/mol. The topological polar surface area (TPSA) is 28.2 Å². The quantitative estimate of drug-likeness (QED) is 0.915. The Labute approximate surface area is 138 Å². The second-order valence-corrected chi connectivity index (χ2v) is 6.79. The van der Waals surface area contributed by atoms with Crippen LogP contribution in [0, 0.1) is 6.92 Å². The number of fused-ring (bicyclic) bond motifs is 3. The minimum absolute atomic E-state index is 0.594. The fourth-order valence-electron chi connectivity index (χ4n) is 3.76. The van der Waals surface area contributed by atoms with E-state index in [0.717, 1.165) is 17.8 Å². The van der Waals surface area contributed by atoms with Gasteiger partial charge in [0.15, 0.2) is 0 Å². The van der Waals surface area contributed by atoms with E-state index in [1.165, 1.54) is 29.8 Å². The van der Waals surface area contributed by atoms with Gasteiger partial charge in [0.2, 0.25) is 0 Å². The fraction of sp³-hybridized carbons (Fsp3) is 0.350. The maximum absolute atomic E-state index is 4.36. The molecular weight excluding hydrogens is 282 g/mol. The van der Waals surface area contributed by atoms with Gasteiger partial charge in [0.05, 0.1) is 0 Å².